The van der Waals surface area contributed by atoms with Crippen molar-refractivity contribution in [3.63, 3.8) is 0 Å². The Morgan fingerprint density at radius 3 is 2.56 bits per heavy atom. The second-order valence-electron chi connectivity index (χ2n) is 7.84. The highest BCUT2D eigenvalue weighted by Gasteiger charge is 2.44. The van der Waals surface area contributed by atoms with Crippen molar-refractivity contribution >= 4 is 21.9 Å². The average molecular weight is 495 g/mol. The Hall–Kier alpha value is -3.43. The summed E-state index contributed by atoms with van der Waals surface area (Å²) < 4.78 is 67.2. The first-order valence-corrected chi connectivity index (χ1v) is 11.5. The Balaban J connectivity index is 1.95. The molecule has 1 heterocycles. The first kappa shape index (κ1) is 25.2. The number of carbonyl (C=O) groups excluding carboxylic acids is 1. The number of hydrogen-bond donors (Lipinski definition) is 2. The number of benzene rings is 2. The van der Waals surface area contributed by atoms with Gasteiger partial charge in [-0.25, -0.2) is 8.42 Å². The molecule has 180 valence electrons. The number of sulfonamides is 1. The number of carboxylic acid groups (broad SMARTS) is 1. The quantitative estimate of drug-likeness (QED) is 0.633. The molecular weight excluding hydrogens is 475 g/mol. The van der Waals surface area contributed by atoms with E-state index >= 15 is 0 Å². The lowest BCUT2D eigenvalue weighted by Crippen LogP contribution is -2.45. The van der Waals surface area contributed by atoms with Crippen molar-refractivity contribution < 1.29 is 36.3 Å². The fourth-order valence-corrected chi connectivity index (χ4v) is 5.31. The smallest absolute Gasteiger partial charge is 0.471 e. The van der Waals surface area contributed by atoms with Gasteiger partial charge in [0.05, 0.1) is 16.5 Å². The zero-order valence-corrected chi connectivity index (χ0v) is 18.7. The molecule has 0 radical (unpaired) electrons. The Labute approximate surface area is 193 Å². The summed E-state index contributed by atoms with van der Waals surface area (Å²) in [6, 6.07) is 8.99. The highest BCUT2D eigenvalue weighted by atomic mass is 32.2. The maximum absolute atomic E-state index is 13.2. The van der Waals surface area contributed by atoms with Gasteiger partial charge >= 0.3 is 18.1 Å². The standard InChI is InChI=1S/C22H20F3N3O5S/c1-13-5-6-19(17-12-28(8-7-16(13)17)21(31)22(23,24)25)34(32,33)27-18(20(29)30)10-14-3-2-4-15(9-14)11-26/h2-6,9,18,27H,7-8,10,12H2,1H3,(H,29,30)/t18-/m0/s1. The number of rotatable bonds is 6. The van der Waals surface area contributed by atoms with Crippen LogP contribution in [0.2, 0.25) is 0 Å². The SMILES string of the molecule is Cc1ccc(S(=O)(=O)N[C@@H](Cc2cccc(C#N)c2)C(=O)O)c2c1CCN(C(=O)C(F)(F)F)C2. The van der Waals surface area contributed by atoms with Crippen molar-refractivity contribution in [1.82, 2.24) is 9.62 Å². The van der Waals surface area contributed by atoms with E-state index < -0.39 is 40.7 Å². The molecule has 2 aromatic carbocycles. The largest absolute Gasteiger partial charge is 0.480 e. The van der Waals surface area contributed by atoms with Crippen LogP contribution in [0.3, 0.4) is 0 Å². The minimum absolute atomic E-state index is 0.0203. The van der Waals surface area contributed by atoms with E-state index in [-0.39, 0.29) is 35.4 Å². The van der Waals surface area contributed by atoms with E-state index in [1.807, 2.05) is 6.07 Å². The molecule has 1 atom stereocenters. The molecule has 1 aliphatic rings. The van der Waals surface area contributed by atoms with Crippen molar-refractivity contribution in [2.24, 2.45) is 0 Å². The summed E-state index contributed by atoms with van der Waals surface area (Å²) in [7, 11) is -4.50. The first-order valence-electron chi connectivity index (χ1n) is 10.0. The Morgan fingerprint density at radius 1 is 1.24 bits per heavy atom. The zero-order valence-electron chi connectivity index (χ0n) is 17.9. The number of carbonyl (C=O) groups is 2. The second kappa shape index (κ2) is 9.44. The summed E-state index contributed by atoms with van der Waals surface area (Å²) >= 11 is 0. The number of amides is 1. The van der Waals surface area contributed by atoms with Gasteiger partial charge in [-0.1, -0.05) is 18.2 Å². The van der Waals surface area contributed by atoms with Gasteiger partial charge in [-0.2, -0.15) is 23.2 Å². The van der Waals surface area contributed by atoms with E-state index in [1.54, 1.807) is 13.0 Å². The van der Waals surface area contributed by atoms with Crippen molar-refractivity contribution in [3.8, 4) is 6.07 Å². The number of hydrogen-bond acceptors (Lipinski definition) is 5. The highest BCUT2D eigenvalue weighted by Crippen LogP contribution is 2.31. The van der Waals surface area contributed by atoms with Gasteiger partial charge in [-0.15, -0.1) is 0 Å². The summed E-state index contributed by atoms with van der Waals surface area (Å²) in [4.78, 5) is 23.7. The van der Waals surface area contributed by atoms with Gasteiger partial charge in [0.2, 0.25) is 10.0 Å². The molecule has 0 aromatic heterocycles. The molecule has 0 saturated carbocycles. The van der Waals surface area contributed by atoms with Gasteiger partial charge in [-0.3, -0.25) is 9.59 Å². The van der Waals surface area contributed by atoms with Crippen LogP contribution >= 0.6 is 0 Å². The van der Waals surface area contributed by atoms with Crippen LogP contribution in [0.25, 0.3) is 0 Å². The minimum Gasteiger partial charge on any atom is -0.480 e. The number of carboxylic acids is 1. The van der Waals surface area contributed by atoms with Crippen LogP contribution in [0.5, 0.6) is 0 Å². The summed E-state index contributed by atoms with van der Waals surface area (Å²) in [5.41, 5.74) is 1.85. The van der Waals surface area contributed by atoms with Crippen molar-refractivity contribution in [2.75, 3.05) is 6.54 Å². The molecule has 0 fully saturated rings. The lowest BCUT2D eigenvalue weighted by atomic mass is 9.95. The highest BCUT2D eigenvalue weighted by molar-refractivity contribution is 7.89. The number of fused-ring (bicyclic) bond motifs is 1. The molecular formula is C22H20F3N3O5S. The van der Waals surface area contributed by atoms with Crippen molar-refractivity contribution in [2.45, 2.75) is 43.4 Å². The second-order valence-corrected chi connectivity index (χ2v) is 9.52. The van der Waals surface area contributed by atoms with Crippen LogP contribution < -0.4 is 4.72 Å². The third kappa shape index (κ3) is 5.37. The van der Waals surface area contributed by atoms with E-state index in [1.165, 1.54) is 30.3 Å². The molecule has 0 aliphatic carbocycles. The summed E-state index contributed by atoms with van der Waals surface area (Å²) in [6.45, 7) is 0.871. The van der Waals surface area contributed by atoms with Crippen LogP contribution in [0.4, 0.5) is 13.2 Å². The summed E-state index contributed by atoms with van der Waals surface area (Å²) in [5, 5.41) is 18.6. The van der Waals surface area contributed by atoms with E-state index in [2.05, 4.69) is 4.72 Å². The fraction of sp³-hybridized carbons (Fsp3) is 0.318. The fourth-order valence-electron chi connectivity index (χ4n) is 3.86. The van der Waals surface area contributed by atoms with Gasteiger partial charge in [0.1, 0.15) is 6.04 Å². The van der Waals surface area contributed by atoms with Crippen LogP contribution in [-0.4, -0.2) is 49.1 Å². The predicted octanol–water partition coefficient (Wildman–Crippen LogP) is 2.29. The van der Waals surface area contributed by atoms with Gasteiger partial charge in [0.15, 0.2) is 0 Å². The first-order chi connectivity index (χ1) is 15.8. The van der Waals surface area contributed by atoms with E-state index in [0.29, 0.717) is 21.6 Å². The molecule has 1 amide bonds. The average Bonchev–Trinajstić information content (AvgIpc) is 2.77. The molecule has 1 aliphatic heterocycles. The number of halogens is 3. The number of aliphatic carboxylic acids is 1. The lowest BCUT2D eigenvalue weighted by molar-refractivity contribution is -0.186. The number of nitrogens with zero attached hydrogens (tertiary/aromatic N) is 2. The maximum atomic E-state index is 13.2. The van der Waals surface area contributed by atoms with Crippen LogP contribution in [0.15, 0.2) is 41.3 Å². The van der Waals surface area contributed by atoms with E-state index in [0.717, 1.165) is 0 Å². The van der Waals surface area contributed by atoms with E-state index in [9.17, 15) is 36.3 Å². The van der Waals surface area contributed by atoms with Gasteiger partial charge in [0, 0.05) is 13.1 Å². The Bertz CT molecular complexity index is 1290. The molecule has 8 nitrogen and oxygen atoms in total. The molecule has 0 saturated heterocycles. The van der Waals surface area contributed by atoms with Crippen LogP contribution in [0, 0.1) is 18.3 Å². The number of nitrogens with one attached hydrogen (secondary N) is 1. The third-order valence-corrected chi connectivity index (χ3v) is 7.07. The molecule has 0 unspecified atom stereocenters. The number of nitriles is 1. The third-order valence-electron chi connectivity index (χ3n) is 5.51. The van der Waals surface area contributed by atoms with Crippen LogP contribution in [-0.2, 0) is 39.0 Å². The van der Waals surface area contributed by atoms with E-state index in [4.69, 9.17) is 5.26 Å². The maximum Gasteiger partial charge on any atom is 0.471 e. The molecule has 2 aromatic rings. The molecule has 2 N–H and O–H groups in total. The van der Waals surface area contributed by atoms with Gasteiger partial charge in [0.25, 0.3) is 0 Å². The molecule has 34 heavy (non-hydrogen) atoms. The predicted molar refractivity (Wildman–Crippen MR) is 113 cm³/mol. The topological polar surface area (TPSA) is 128 Å². The Morgan fingerprint density at radius 2 is 1.94 bits per heavy atom. The van der Waals surface area contributed by atoms with Crippen LogP contribution in [0.1, 0.15) is 27.8 Å². The van der Waals surface area contributed by atoms with Crippen molar-refractivity contribution in [1.29, 1.82) is 5.26 Å². The zero-order chi connectivity index (χ0) is 25.3. The monoisotopic (exact) mass is 495 g/mol. The molecule has 0 bridgehead atoms. The molecule has 3 rings (SSSR count). The number of aryl methyl sites for hydroxylation is 1. The number of alkyl halides is 3. The summed E-state index contributed by atoms with van der Waals surface area (Å²) in [5.74, 6) is -3.54. The normalized spacial score (nSPS) is 14.7. The minimum atomic E-state index is -5.11. The van der Waals surface area contributed by atoms with Gasteiger partial charge < -0.3 is 10.0 Å². The van der Waals surface area contributed by atoms with Gasteiger partial charge in [-0.05, 0) is 60.2 Å². The molecule has 0 spiro atoms. The van der Waals surface area contributed by atoms with Crippen molar-refractivity contribution in [3.05, 3.63) is 64.2 Å². The summed E-state index contributed by atoms with van der Waals surface area (Å²) in [6.07, 6.45) is -5.35. The Kier molecular flexibility index (Phi) is 6.99. The lowest BCUT2D eigenvalue weighted by Gasteiger charge is -2.31. The molecule has 12 heteroatoms.